The van der Waals surface area contributed by atoms with Crippen LogP contribution in [0.3, 0.4) is 0 Å². The molecule has 2 aromatic heterocycles. The highest BCUT2D eigenvalue weighted by molar-refractivity contribution is 7.89. The van der Waals surface area contributed by atoms with Gasteiger partial charge < -0.3 is 4.42 Å². The van der Waals surface area contributed by atoms with Crippen LogP contribution in [-0.4, -0.2) is 53.6 Å². The lowest BCUT2D eigenvalue weighted by Gasteiger charge is -2.33. The van der Waals surface area contributed by atoms with Crippen LogP contribution < -0.4 is 0 Å². The molecule has 0 saturated carbocycles. The predicted octanol–water partition coefficient (Wildman–Crippen LogP) is 2.59. The maximum atomic E-state index is 13.3. The van der Waals surface area contributed by atoms with E-state index in [0.29, 0.717) is 49.0 Å². The van der Waals surface area contributed by atoms with Crippen LogP contribution in [0.5, 0.6) is 0 Å². The van der Waals surface area contributed by atoms with Gasteiger partial charge in [-0.05, 0) is 38.1 Å². The molecule has 1 saturated heterocycles. The van der Waals surface area contributed by atoms with Gasteiger partial charge in [-0.15, -0.1) is 0 Å². The number of hydrogen-bond acceptors (Lipinski definition) is 5. The Kier molecular flexibility index (Phi) is 5.09. The lowest BCUT2D eigenvalue weighted by atomic mass is 10.3. The molecule has 1 aromatic carbocycles. The van der Waals surface area contributed by atoms with Crippen molar-refractivity contribution in [2.75, 3.05) is 26.2 Å². The van der Waals surface area contributed by atoms with Gasteiger partial charge in [0.05, 0.1) is 29.9 Å². The van der Waals surface area contributed by atoms with Gasteiger partial charge in [0.15, 0.2) is 0 Å². The molecule has 7 nitrogen and oxygen atoms in total. The van der Waals surface area contributed by atoms with Crippen molar-refractivity contribution in [3.63, 3.8) is 0 Å². The SMILES string of the molecule is Cc1nn(-c2ccccc2)c(C)c1S(=O)(=O)N1CCN(Cc2ccco2)CC1. The Morgan fingerprint density at radius 1 is 1.00 bits per heavy atom. The van der Waals surface area contributed by atoms with Gasteiger partial charge in [-0.3, -0.25) is 4.90 Å². The van der Waals surface area contributed by atoms with Gasteiger partial charge in [0.25, 0.3) is 0 Å². The third-order valence-corrected chi connectivity index (χ3v) is 7.27. The van der Waals surface area contributed by atoms with Crippen LogP contribution in [0.4, 0.5) is 0 Å². The molecule has 3 heterocycles. The zero-order chi connectivity index (χ0) is 19.7. The molecule has 0 atom stereocenters. The lowest BCUT2D eigenvalue weighted by molar-refractivity contribution is 0.171. The van der Waals surface area contributed by atoms with E-state index in [9.17, 15) is 8.42 Å². The molecule has 0 amide bonds. The molecule has 0 aliphatic carbocycles. The van der Waals surface area contributed by atoms with E-state index in [-0.39, 0.29) is 0 Å². The molecule has 8 heteroatoms. The fourth-order valence-corrected chi connectivity index (χ4v) is 5.48. The van der Waals surface area contributed by atoms with E-state index in [4.69, 9.17) is 4.42 Å². The molecular formula is C20H24N4O3S. The number of aromatic nitrogens is 2. The number of benzene rings is 1. The zero-order valence-corrected chi connectivity index (χ0v) is 16.9. The van der Waals surface area contributed by atoms with Gasteiger partial charge in [-0.2, -0.15) is 9.40 Å². The van der Waals surface area contributed by atoms with E-state index in [0.717, 1.165) is 11.4 Å². The Morgan fingerprint density at radius 2 is 1.71 bits per heavy atom. The number of furan rings is 1. The van der Waals surface area contributed by atoms with E-state index in [1.807, 2.05) is 49.4 Å². The highest BCUT2D eigenvalue weighted by atomic mass is 32.2. The van der Waals surface area contributed by atoms with Crippen LogP contribution in [0.1, 0.15) is 17.1 Å². The van der Waals surface area contributed by atoms with Crippen LogP contribution in [-0.2, 0) is 16.6 Å². The van der Waals surface area contributed by atoms with Gasteiger partial charge in [0.1, 0.15) is 10.7 Å². The molecule has 28 heavy (non-hydrogen) atoms. The Morgan fingerprint density at radius 3 is 2.36 bits per heavy atom. The second kappa shape index (κ2) is 7.54. The molecule has 1 aliphatic heterocycles. The van der Waals surface area contributed by atoms with Crippen molar-refractivity contribution in [2.45, 2.75) is 25.3 Å². The van der Waals surface area contributed by atoms with Crippen molar-refractivity contribution in [2.24, 2.45) is 0 Å². The molecular weight excluding hydrogens is 376 g/mol. The number of aryl methyl sites for hydroxylation is 1. The first kappa shape index (κ1) is 18.9. The summed E-state index contributed by atoms with van der Waals surface area (Å²) in [5.74, 6) is 0.895. The highest BCUT2D eigenvalue weighted by Crippen LogP contribution is 2.26. The predicted molar refractivity (Wildman–Crippen MR) is 106 cm³/mol. The van der Waals surface area contributed by atoms with Gasteiger partial charge >= 0.3 is 0 Å². The van der Waals surface area contributed by atoms with Crippen LogP contribution in [0, 0.1) is 13.8 Å². The fraction of sp³-hybridized carbons (Fsp3) is 0.350. The number of piperazine rings is 1. The topological polar surface area (TPSA) is 71.6 Å². The van der Waals surface area contributed by atoms with Crippen molar-refractivity contribution in [1.29, 1.82) is 0 Å². The van der Waals surface area contributed by atoms with Crippen LogP contribution in [0.25, 0.3) is 5.69 Å². The van der Waals surface area contributed by atoms with Crippen molar-refractivity contribution in [3.05, 3.63) is 65.9 Å². The van der Waals surface area contributed by atoms with Crippen molar-refractivity contribution in [3.8, 4) is 5.69 Å². The number of sulfonamides is 1. The van der Waals surface area contributed by atoms with E-state index in [1.165, 1.54) is 0 Å². The summed E-state index contributed by atoms with van der Waals surface area (Å²) < 4.78 is 35.3. The highest BCUT2D eigenvalue weighted by Gasteiger charge is 2.33. The molecule has 0 radical (unpaired) electrons. The number of para-hydroxylation sites is 1. The fourth-order valence-electron chi connectivity index (χ4n) is 3.70. The number of nitrogens with zero attached hydrogens (tertiary/aromatic N) is 4. The molecule has 0 bridgehead atoms. The first-order valence-corrected chi connectivity index (χ1v) is 10.8. The quantitative estimate of drug-likeness (QED) is 0.658. The maximum absolute atomic E-state index is 13.3. The molecule has 0 N–H and O–H groups in total. The maximum Gasteiger partial charge on any atom is 0.246 e. The van der Waals surface area contributed by atoms with Gasteiger partial charge in [-0.25, -0.2) is 13.1 Å². The summed E-state index contributed by atoms with van der Waals surface area (Å²) in [7, 11) is -3.60. The minimum atomic E-state index is -3.60. The molecule has 148 valence electrons. The monoisotopic (exact) mass is 400 g/mol. The summed E-state index contributed by atoms with van der Waals surface area (Å²) in [5.41, 5.74) is 2.02. The van der Waals surface area contributed by atoms with E-state index >= 15 is 0 Å². The van der Waals surface area contributed by atoms with Crippen LogP contribution >= 0.6 is 0 Å². The summed E-state index contributed by atoms with van der Waals surface area (Å²) in [5, 5.41) is 4.49. The van der Waals surface area contributed by atoms with Gasteiger partial charge in [0.2, 0.25) is 10.0 Å². The van der Waals surface area contributed by atoms with E-state index < -0.39 is 10.0 Å². The summed E-state index contributed by atoms with van der Waals surface area (Å²) in [6, 6.07) is 13.4. The van der Waals surface area contributed by atoms with E-state index in [2.05, 4.69) is 10.00 Å². The number of hydrogen-bond donors (Lipinski definition) is 0. The first-order valence-electron chi connectivity index (χ1n) is 9.33. The normalized spacial score (nSPS) is 16.5. The smallest absolute Gasteiger partial charge is 0.246 e. The largest absolute Gasteiger partial charge is 0.468 e. The molecule has 3 aromatic rings. The minimum Gasteiger partial charge on any atom is -0.468 e. The second-order valence-electron chi connectivity index (χ2n) is 7.01. The Labute approximate surface area is 165 Å². The molecule has 1 fully saturated rings. The molecule has 1 aliphatic rings. The average molecular weight is 401 g/mol. The molecule has 0 spiro atoms. The Balaban J connectivity index is 1.54. The van der Waals surface area contributed by atoms with Crippen LogP contribution in [0.2, 0.25) is 0 Å². The van der Waals surface area contributed by atoms with Crippen molar-refractivity contribution < 1.29 is 12.8 Å². The van der Waals surface area contributed by atoms with Crippen molar-refractivity contribution >= 4 is 10.0 Å². The summed E-state index contributed by atoms with van der Waals surface area (Å²) in [4.78, 5) is 2.52. The minimum absolute atomic E-state index is 0.316. The van der Waals surface area contributed by atoms with E-state index in [1.54, 1.807) is 22.2 Å². The second-order valence-corrected chi connectivity index (χ2v) is 8.88. The molecule has 0 unspecified atom stereocenters. The van der Waals surface area contributed by atoms with Crippen molar-refractivity contribution in [1.82, 2.24) is 19.0 Å². The first-order chi connectivity index (χ1) is 13.5. The van der Waals surface area contributed by atoms with Gasteiger partial charge in [0, 0.05) is 26.2 Å². The Bertz CT molecular complexity index is 1030. The summed E-state index contributed by atoms with van der Waals surface area (Å²) >= 11 is 0. The summed E-state index contributed by atoms with van der Waals surface area (Å²) in [6.45, 7) is 6.52. The van der Waals surface area contributed by atoms with Gasteiger partial charge in [-0.1, -0.05) is 18.2 Å². The molecule has 4 rings (SSSR count). The summed E-state index contributed by atoms with van der Waals surface area (Å²) in [6.07, 6.45) is 1.66. The third kappa shape index (κ3) is 3.50. The Hall–Kier alpha value is -2.42. The average Bonchev–Trinajstić information content (AvgIpc) is 3.30. The lowest BCUT2D eigenvalue weighted by Crippen LogP contribution is -2.48. The van der Waals surface area contributed by atoms with Crippen LogP contribution in [0.15, 0.2) is 58.0 Å². The zero-order valence-electron chi connectivity index (χ0n) is 16.1. The number of rotatable bonds is 5. The third-order valence-electron chi connectivity index (χ3n) is 5.11. The standard InChI is InChI=1S/C20H24N4O3S/c1-16-20(17(2)24(21-16)18-7-4-3-5-8-18)28(25,26)23-12-10-22(11-13-23)15-19-9-6-14-27-19/h3-9,14H,10-13,15H2,1-2H3.